The molecule has 1 rings (SSSR count). The van der Waals surface area contributed by atoms with Crippen LogP contribution < -0.4 is 5.73 Å². The third-order valence-corrected chi connectivity index (χ3v) is 3.34. The number of hydrogen-bond donors (Lipinski definition) is 1. The summed E-state index contributed by atoms with van der Waals surface area (Å²) in [6.07, 6.45) is 1.79. The molecule has 2 N–H and O–H groups in total. The second kappa shape index (κ2) is 6.69. The van der Waals surface area contributed by atoms with Gasteiger partial charge < -0.3 is 10.6 Å². The average molecular weight is 225 g/mol. The van der Waals surface area contributed by atoms with Gasteiger partial charge in [0, 0.05) is 18.5 Å². The average Bonchev–Trinajstić information content (AvgIpc) is 2.27. The first kappa shape index (κ1) is 12.3. The Labute approximate surface area is 96.1 Å². The topological polar surface area (TPSA) is 42.2 Å². The van der Waals surface area contributed by atoms with E-state index in [2.05, 4.69) is 23.7 Å². The molecule has 0 aliphatic heterocycles. The molecular weight excluding hydrogens is 206 g/mol. The van der Waals surface area contributed by atoms with E-state index in [-0.39, 0.29) is 0 Å². The Bertz CT molecular complexity index is 287. The van der Waals surface area contributed by atoms with Crippen LogP contribution in [0.4, 0.5) is 5.69 Å². The number of nitrogens with two attached hydrogens (primary N) is 1. The minimum absolute atomic E-state index is 0.780. The van der Waals surface area contributed by atoms with E-state index in [1.165, 1.54) is 0 Å². The summed E-state index contributed by atoms with van der Waals surface area (Å²) < 4.78 is 0. The SMILES string of the molecule is CCN(CC)CCSc1ncccc1N. The van der Waals surface area contributed by atoms with Gasteiger partial charge in [-0.05, 0) is 25.2 Å². The Morgan fingerprint density at radius 3 is 2.73 bits per heavy atom. The number of pyridine rings is 1. The molecule has 0 saturated carbocycles. The Hall–Kier alpha value is -0.740. The first-order valence-corrected chi connectivity index (χ1v) is 6.32. The van der Waals surface area contributed by atoms with E-state index >= 15 is 0 Å². The van der Waals surface area contributed by atoms with Gasteiger partial charge in [0.2, 0.25) is 0 Å². The number of aromatic nitrogens is 1. The van der Waals surface area contributed by atoms with Crippen LogP contribution in [0.15, 0.2) is 23.4 Å². The summed E-state index contributed by atoms with van der Waals surface area (Å²) in [7, 11) is 0. The smallest absolute Gasteiger partial charge is 0.119 e. The van der Waals surface area contributed by atoms with E-state index in [1.807, 2.05) is 12.1 Å². The molecule has 4 heteroatoms. The van der Waals surface area contributed by atoms with Gasteiger partial charge in [0.05, 0.1) is 5.69 Å². The van der Waals surface area contributed by atoms with E-state index in [4.69, 9.17) is 5.73 Å². The van der Waals surface area contributed by atoms with Crippen molar-refractivity contribution in [3.05, 3.63) is 18.3 Å². The van der Waals surface area contributed by atoms with E-state index in [0.29, 0.717) is 0 Å². The van der Waals surface area contributed by atoms with Crippen LogP contribution in [0.25, 0.3) is 0 Å². The zero-order valence-corrected chi connectivity index (χ0v) is 10.3. The fraction of sp³-hybridized carbons (Fsp3) is 0.545. The summed E-state index contributed by atoms with van der Waals surface area (Å²) in [5, 5.41) is 0.949. The molecule has 84 valence electrons. The van der Waals surface area contributed by atoms with Gasteiger partial charge in [-0.1, -0.05) is 13.8 Å². The Balaban J connectivity index is 2.34. The third kappa shape index (κ3) is 4.10. The van der Waals surface area contributed by atoms with Crippen LogP contribution in [0.5, 0.6) is 0 Å². The second-order valence-corrected chi connectivity index (χ2v) is 4.36. The van der Waals surface area contributed by atoms with Gasteiger partial charge in [-0.15, -0.1) is 11.8 Å². The predicted molar refractivity (Wildman–Crippen MR) is 67.2 cm³/mol. The molecule has 3 nitrogen and oxygen atoms in total. The lowest BCUT2D eigenvalue weighted by molar-refractivity contribution is 0.324. The molecule has 0 amide bonds. The minimum atomic E-state index is 0.780. The fourth-order valence-corrected chi connectivity index (χ4v) is 2.25. The molecular formula is C11H19N3S. The normalized spacial score (nSPS) is 10.9. The number of nitrogens with zero attached hydrogens (tertiary/aromatic N) is 2. The molecule has 0 bridgehead atoms. The van der Waals surface area contributed by atoms with Crippen molar-refractivity contribution in [2.45, 2.75) is 18.9 Å². The first-order chi connectivity index (χ1) is 7.27. The molecule has 0 saturated heterocycles. The summed E-state index contributed by atoms with van der Waals surface area (Å²) in [5.74, 6) is 1.04. The molecule has 0 aliphatic carbocycles. The van der Waals surface area contributed by atoms with E-state index in [9.17, 15) is 0 Å². The highest BCUT2D eigenvalue weighted by Gasteiger charge is 2.02. The van der Waals surface area contributed by atoms with Gasteiger partial charge >= 0.3 is 0 Å². The van der Waals surface area contributed by atoms with Gasteiger partial charge in [0.1, 0.15) is 5.03 Å². The van der Waals surface area contributed by atoms with Crippen LogP contribution >= 0.6 is 11.8 Å². The Morgan fingerprint density at radius 1 is 1.40 bits per heavy atom. The van der Waals surface area contributed by atoms with Crippen molar-refractivity contribution in [1.29, 1.82) is 0 Å². The minimum Gasteiger partial charge on any atom is -0.397 e. The summed E-state index contributed by atoms with van der Waals surface area (Å²) in [6.45, 7) is 7.67. The Morgan fingerprint density at radius 2 is 2.13 bits per heavy atom. The molecule has 0 unspecified atom stereocenters. The molecule has 0 aliphatic rings. The van der Waals surface area contributed by atoms with Crippen molar-refractivity contribution in [2.75, 3.05) is 31.1 Å². The van der Waals surface area contributed by atoms with Crippen LogP contribution in [0.2, 0.25) is 0 Å². The van der Waals surface area contributed by atoms with Crippen LogP contribution in [-0.2, 0) is 0 Å². The van der Waals surface area contributed by atoms with Crippen molar-refractivity contribution >= 4 is 17.4 Å². The number of anilines is 1. The fourth-order valence-electron chi connectivity index (χ4n) is 1.34. The number of nitrogen functional groups attached to an aromatic ring is 1. The molecule has 0 aromatic carbocycles. The highest BCUT2D eigenvalue weighted by Crippen LogP contribution is 2.21. The van der Waals surface area contributed by atoms with Crippen molar-refractivity contribution in [3.63, 3.8) is 0 Å². The first-order valence-electron chi connectivity index (χ1n) is 5.33. The number of hydrogen-bond acceptors (Lipinski definition) is 4. The lowest BCUT2D eigenvalue weighted by Crippen LogP contribution is -2.25. The second-order valence-electron chi connectivity index (χ2n) is 3.27. The van der Waals surface area contributed by atoms with Gasteiger partial charge in [0.15, 0.2) is 0 Å². The van der Waals surface area contributed by atoms with Crippen molar-refractivity contribution < 1.29 is 0 Å². The molecule has 15 heavy (non-hydrogen) atoms. The van der Waals surface area contributed by atoms with Crippen molar-refractivity contribution in [2.24, 2.45) is 0 Å². The van der Waals surface area contributed by atoms with Crippen LogP contribution in [0, 0.1) is 0 Å². The number of thioether (sulfide) groups is 1. The van der Waals surface area contributed by atoms with Crippen LogP contribution in [0.3, 0.4) is 0 Å². The predicted octanol–water partition coefficient (Wildman–Crippen LogP) is 2.10. The van der Waals surface area contributed by atoms with Crippen molar-refractivity contribution in [1.82, 2.24) is 9.88 Å². The van der Waals surface area contributed by atoms with E-state index < -0.39 is 0 Å². The standard InChI is InChI=1S/C11H19N3S/c1-3-14(4-2)8-9-15-11-10(12)6-5-7-13-11/h5-7H,3-4,8-9,12H2,1-2H3. The maximum atomic E-state index is 5.81. The molecule has 1 heterocycles. The van der Waals surface area contributed by atoms with Gasteiger partial charge in [-0.3, -0.25) is 0 Å². The molecule has 0 spiro atoms. The lowest BCUT2D eigenvalue weighted by Gasteiger charge is -2.17. The van der Waals surface area contributed by atoms with Crippen LogP contribution in [0.1, 0.15) is 13.8 Å². The molecule has 1 aromatic rings. The maximum Gasteiger partial charge on any atom is 0.119 e. The monoisotopic (exact) mass is 225 g/mol. The maximum absolute atomic E-state index is 5.81. The zero-order chi connectivity index (χ0) is 11.1. The summed E-state index contributed by atoms with van der Waals surface area (Å²) in [5.41, 5.74) is 6.59. The highest BCUT2D eigenvalue weighted by atomic mass is 32.2. The number of rotatable bonds is 6. The van der Waals surface area contributed by atoms with Crippen molar-refractivity contribution in [3.8, 4) is 0 Å². The Kier molecular flexibility index (Phi) is 5.50. The quantitative estimate of drug-likeness (QED) is 0.753. The van der Waals surface area contributed by atoms with Gasteiger partial charge in [-0.25, -0.2) is 4.98 Å². The molecule has 0 fully saturated rings. The lowest BCUT2D eigenvalue weighted by atomic mass is 10.4. The third-order valence-electron chi connectivity index (χ3n) is 2.34. The van der Waals surface area contributed by atoms with Crippen LogP contribution in [-0.4, -0.2) is 35.3 Å². The zero-order valence-electron chi connectivity index (χ0n) is 9.44. The summed E-state index contributed by atoms with van der Waals surface area (Å²) in [4.78, 5) is 6.64. The highest BCUT2D eigenvalue weighted by molar-refractivity contribution is 7.99. The molecule has 0 atom stereocenters. The van der Waals surface area contributed by atoms with Gasteiger partial charge in [-0.2, -0.15) is 0 Å². The van der Waals surface area contributed by atoms with E-state index in [1.54, 1.807) is 18.0 Å². The largest absolute Gasteiger partial charge is 0.397 e. The van der Waals surface area contributed by atoms with Gasteiger partial charge in [0.25, 0.3) is 0 Å². The molecule has 1 aromatic heterocycles. The summed E-state index contributed by atoms with van der Waals surface area (Å²) >= 11 is 1.73. The van der Waals surface area contributed by atoms with E-state index in [0.717, 1.165) is 36.1 Å². The summed E-state index contributed by atoms with van der Waals surface area (Å²) in [6, 6.07) is 3.76. The molecule has 0 radical (unpaired) electrons.